The van der Waals surface area contributed by atoms with Gasteiger partial charge in [0.2, 0.25) is 0 Å². The first-order valence-corrected chi connectivity index (χ1v) is 6.83. The molecular weight excluding hydrogens is 250 g/mol. The molecular formula is C16H21N3O. The van der Waals surface area contributed by atoms with E-state index in [1.54, 1.807) is 13.3 Å². The minimum absolute atomic E-state index is 0.227. The summed E-state index contributed by atoms with van der Waals surface area (Å²) in [5.74, 6) is 0.696. The zero-order valence-corrected chi connectivity index (χ0v) is 12.2. The summed E-state index contributed by atoms with van der Waals surface area (Å²) in [6, 6.07) is 12.4. The van der Waals surface area contributed by atoms with E-state index >= 15 is 0 Å². The Labute approximate surface area is 120 Å². The van der Waals surface area contributed by atoms with Gasteiger partial charge in [-0.3, -0.25) is 0 Å². The molecule has 1 aromatic heterocycles. The van der Waals surface area contributed by atoms with Gasteiger partial charge in [-0.05, 0) is 11.6 Å². The SMILES string of the molecule is COC(c1ccccc1)c1nccc(CNC(C)C)n1. The molecule has 0 bridgehead atoms. The molecule has 0 amide bonds. The van der Waals surface area contributed by atoms with Gasteiger partial charge in [-0.25, -0.2) is 9.97 Å². The molecule has 0 aliphatic rings. The summed E-state index contributed by atoms with van der Waals surface area (Å²) in [5, 5.41) is 3.35. The Hall–Kier alpha value is -1.78. The lowest BCUT2D eigenvalue weighted by molar-refractivity contribution is 0.128. The first-order valence-electron chi connectivity index (χ1n) is 6.83. The third-order valence-corrected chi connectivity index (χ3v) is 3.00. The van der Waals surface area contributed by atoms with Crippen LogP contribution in [0, 0.1) is 0 Å². The second-order valence-electron chi connectivity index (χ2n) is 4.97. The molecule has 0 fully saturated rings. The van der Waals surface area contributed by atoms with Crippen molar-refractivity contribution in [2.24, 2.45) is 0 Å². The average Bonchev–Trinajstić information content (AvgIpc) is 2.47. The molecule has 1 N–H and O–H groups in total. The zero-order valence-electron chi connectivity index (χ0n) is 12.2. The van der Waals surface area contributed by atoms with Crippen LogP contribution in [0.25, 0.3) is 0 Å². The van der Waals surface area contributed by atoms with E-state index < -0.39 is 0 Å². The van der Waals surface area contributed by atoms with Crippen molar-refractivity contribution in [2.75, 3.05) is 7.11 Å². The average molecular weight is 271 g/mol. The van der Waals surface area contributed by atoms with E-state index in [1.165, 1.54) is 0 Å². The number of nitrogens with zero attached hydrogens (tertiary/aromatic N) is 2. The summed E-state index contributed by atoms with van der Waals surface area (Å²) < 4.78 is 5.56. The summed E-state index contributed by atoms with van der Waals surface area (Å²) in [7, 11) is 1.68. The maximum Gasteiger partial charge on any atom is 0.162 e. The summed E-state index contributed by atoms with van der Waals surface area (Å²) >= 11 is 0. The lowest BCUT2D eigenvalue weighted by atomic mass is 10.1. The van der Waals surface area contributed by atoms with Crippen LogP contribution in [-0.4, -0.2) is 23.1 Å². The van der Waals surface area contributed by atoms with E-state index in [-0.39, 0.29) is 6.10 Å². The Morgan fingerprint density at radius 2 is 1.90 bits per heavy atom. The quantitative estimate of drug-likeness (QED) is 0.877. The Morgan fingerprint density at radius 1 is 1.15 bits per heavy atom. The van der Waals surface area contributed by atoms with E-state index in [4.69, 9.17) is 4.74 Å². The van der Waals surface area contributed by atoms with Gasteiger partial charge in [0.1, 0.15) is 6.10 Å². The van der Waals surface area contributed by atoms with Crippen LogP contribution in [0.2, 0.25) is 0 Å². The number of hydrogen-bond donors (Lipinski definition) is 1. The molecule has 0 spiro atoms. The van der Waals surface area contributed by atoms with Crippen molar-refractivity contribution in [2.45, 2.75) is 32.5 Å². The predicted octanol–water partition coefficient (Wildman–Crippen LogP) is 2.71. The zero-order chi connectivity index (χ0) is 14.4. The molecule has 1 atom stereocenters. The molecule has 2 aromatic rings. The largest absolute Gasteiger partial charge is 0.369 e. The Kier molecular flexibility index (Phi) is 5.21. The summed E-state index contributed by atoms with van der Waals surface area (Å²) in [6.07, 6.45) is 1.56. The van der Waals surface area contributed by atoms with Crippen molar-refractivity contribution < 1.29 is 4.74 Å². The van der Waals surface area contributed by atoms with Crippen molar-refractivity contribution in [1.29, 1.82) is 0 Å². The van der Waals surface area contributed by atoms with Gasteiger partial charge in [-0.2, -0.15) is 0 Å². The van der Waals surface area contributed by atoms with Gasteiger partial charge in [-0.15, -0.1) is 0 Å². The summed E-state index contributed by atoms with van der Waals surface area (Å²) in [4.78, 5) is 8.94. The highest BCUT2D eigenvalue weighted by molar-refractivity contribution is 5.23. The van der Waals surface area contributed by atoms with Gasteiger partial charge in [0.15, 0.2) is 5.82 Å². The van der Waals surface area contributed by atoms with Crippen LogP contribution >= 0.6 is 0 Å². The highest BCUT2D eigenvalue weighted by Gasteiger charge is 2.16. The van der Waals surface area contributed by atoms with Crippen molar-refractivity contribution in [3.05, 3.63) is 59.7 Å². The van der Waals surface area contributed by atoms with E-state index in [0.717, 1.165) is 17.8 Å². The van der Waals surface area contributed by atoms with Crippen molar-refractivity contribution in [3.63, 3.8) is 0 Å². The van der Waals surface area contributed by atoms with Crippen LogP contribution in [0.15, 0.2) is 42.6 Å². The van der Waals surface area contributed by atoms with Gasteiger partial charge in [-0.1, -0.05) is 44.2 Å². The topological polar surface area (TPSA) is 47.0 Å². The normalized spacial score (nSPS) is 12.6. The Morgan fingerprint density at radius 3 is 2.55 bits per heavy atom. The molecule has 1 heterocycles. The van der Waals surface area contributed by atoms with Gasteiger partial charge in [0.05, 0.1) is 5.69 Å². The highest BCUT2D eigenvalue weighted by Crippen LogP contribution is 2.21. The maximum absolute atomic E-state index is 5.56. The molecule has 1 unspecified atom stereocenters. The number of ether oxygens (including phenoxy) is 1. The van der Waals surface area contributed by atoms with Gasteiger partial charge >= 0.3 is 0 Å². The van der Waals surface area contributed by atoms with Crippen molar-refractivity contribution in [3.8, 4) is 0 Å². The smallest absolute Gasteiger partial charge is 0.162 e. The number of benzene rings is 1. The fourth-order valence-electron chi connectivity index (χ4n) is 1.96. The van der Waals surface area contributed by atoms with Crippen LogP contribution in [0.4, 0.5) is 0 Å². The summed E-state index contributed by atoms with van der Waals surface area (Å²) in [6.45, 7) is 4.96. The monoisotopic (exact) mass is 271 g/mol. The third kappa shape index (κ3) is 3.85. The predicted molar refractivity (Wildman–Crippen MR) is 79.3 cm³/mol. The molecule has 0 saturated heterocycles. The highest BCUT2D eigenvalue weighted by atomic mass is 16.5. The molecule has 4 nitrogen and oxygen atoms in total. The molecule has 0 radical (unpaired) electrons. The molecule has 20 heavy (non-hydrogen) atoms. The first kappa shape index (κ1) is 14.6. The Bertz CT molecular complexity index is 528. The number of methoxy groups -OCH3 is 1. The molecule has 4 heteroatoms. The van der Waals surface area contributed by atoms with E-state index in [0.29, 0.717) is 11.9 Å². The molecule has 2 rings (SSSR count). The van der Waals surface area contributed by atoms with Gasteiger partial charge in [0.25, 0.3) is 0 Å². The maximum atomic E-state index is 5.56. The molecule has 0 saturated carbocycles. The molecule has 0 aliphatic carbocycles. The second kappa shape index (κ2) is 7.12. The van der Waals surface area contributed by atoms with E-state index in [9.17, 15) is 0 Å². The third-order valence-electron chi connectivity index (χ3n) is 3.00. The Balaban J connectivity index is 2.20. The minimum atomic E-state index is -0.227. The molecule has 106 valence electrons. The standard InChI is InChI=1S/C16H21N3O/c1-12(2)18-11-14-9-10-17-16(19-14)15(20-3)13-7-5-4-6-8-13/h4-10,12,15,18H,11H2,1-3H3. The van der Waals surface area contributed by atoms with Crippen molar-refractivity contribution in [1.82, 2.24) is 15.3 Å². The fraction of sp³-hybridized carbons (Fsp3) is 0.375. The first-order chi connectivity index (χ1) is 9.70. The van der Waals surface area contributed by atoms with Crippen LogP contribution in [0.3, 0.4) is 0 Å². The molecule has 0 aliphatic heterocycles. The van der Waals surface area contributed by atoms with Gasteiger partial charge < -0.3 is 10.1 Å². The number of hydrogen-bond acceptors (Lipinski definition) is 4. The van der Waals surface area contributed by atoms with Crippen LogP contribution in [0.5, 0.6) is 0 Å². The summed E-state index contributed by atoms with van der Waals surface area (Å²) in [5.41, 5.74) is 2.03. The van der Waals surface area contributed by atoms with Gasteiger partial charge in [0, 0.05) is 25.9 Å². The van der Waals surface area contributed by atoms with Crippen LogP contribution in [0.1, 0.15) is 37.0 Å². The van der Waals surface area contributed by atoms with E-state index in [2.05, 4.69) is 29.1 Å². The number of rotatable bonds is 6. The number of aromatic nitrogens is 2. The van der Waals surface area contributed by atoms with Crippen LogP contribution < -0.4 is 5.32 Å². The fourth-order valence-corrected chi connectivity index (χ4v) is 1.96. The van der Waals surface area contributed by atoms with Crippen molar-refractivity contribution >= 4 is 0 Å². The lowest BCUT2D eigenvalue weighted by Gasteiger charge is -2.15. The number of nitrogens with one attached hydrogen (secondary N) is 1. The second-order valence-corrected chi connectivity index (χ2v) is 4.97. The lowest BCUT2D eigenvalue weighted by Crippen LogP contribution is -2.23. The minimum Gasteiger partial charge on any atom is -0.369 e. The van der Waals surface area contributed by atoms with Crippen LogP contribution in [-0.2, 0) is 11.3 Å². The van der Waals surface area contributed by atoms with E-state index in [1.807, 2.05) is 36.4 Å². The molecule has 1 aromatic carbocycles.